The number of alkyl halides is 1. The van der Waals surface area contributed by atoms with Crippen LogP contribution < -0.4 is 10.5 Å². The minimum Gasteiger partial charge on any atom is -0.491 e. The number of rotatable bonds is 11. The summed E-state index contributed by atoms with van der Waals surface area (Å²) in [7, 11) is 0. The van der Waals surface area contributed by atoms with Gasteiger partial charge in [0.25, 0.3) is 0 Å². The quantitative estimate of drug-likeness (QED) is 0.280. The van der Waals surface area contributed by atoms with Crippen molar-refractivity contribution in [3.63, 3.8) is 0 Å². The number of nitrogens with zero attached hydrogens (tertiary/aromatic N) is 2. The minimum atomic E-state index is -0.393. The molecule has 0 amide bonds. The highest BCUT2D eigenvalue weighted by molar-refractivity contribution is 6.28. The van der Waals surface area contributed by atoms with E-state index in [1.807, 2.05) is 6.92 Å². The molecule has 0 aliphatic rings. The van der Waals surface area contributed by atoms with Crippen LogP contribution in [0.2, 0.25) is 0 Å². The lowest BCUT2D eigenvalue weighted by Gasteiger charge is -2.17. The highest BCUT2D eigenvalue weighted by Gasteiger charge is 2.12. The van der Waals surface area contributed by atoms with E-state index in [9.17, 15) is 4.79 Å². The number of carbonyl (C=O) groups excluding carboxylic acids is 1. The van der Waals surface area contributed by atoms with Crippen LogP contribution in [-0.2, 0) is 4.74 Å². The lowest BCUT2D eigenvalue weighted by molar-refractivity contribution is 0.0466. The van der Waals surface area contributed by atoms with E-state index >= 15 is 0 Å². The summed E-state index contributed by atoms with van der Waals surface area (Å²) in [5.41, 5.74) is 6.60. The Labute approximate surface area is 154 Å². The molecule has 0 bridgehead atoms. The van der Waals surface area contributed by atoms with Crippen molar-refractivity contribution < 1.29 is 14.3 Å². The summed E-state index contributed by atoms with van der Waals surface area (Å²) < 4.78 is 11.0. The molecule has 0 saturated carbocycles. The Hall–Kier alpha value is -1.79. The van der Waals surface area contributed by atoms with Crippen molar-refractivity contribution >= 4 is 29.1 Å². The van der Waals surface area contributed by atoms with Gasteiger partial charge in [-0.3, -0.25) is 0 Å². The van der Waals surface area contributed by atoms with Crippen molar-refractivity contribution in [3.05, 3.63) is 23.8 Å². The van der Waals surface area contributed by atoms with Gasteiger partial charge in [-0.25, -0.2) is 9.79 Å². The lowest BCUT2D eigenvalue weighted by Crippen LogP contribution is -2.27. The molecule has 0 atom stereocenters. The summed E-state index contributed by atoms with van der Waals surface area (Å²) in [6.45, 7) is 9.62. The van der Waals surface area contributed by atoms with E-state index in [2.05, 4.69) is 23.7 Å². The molecule has 6 nitrogen and oxygen atoms in total. The number of benzene rings is 1. The van der Waals surface area contributed by atoms with E-state index in [0.29, 0.717) is 36.8 Å². The highest BCUT2D eigenvalue weighted by Crippen LogP contribution is 2.29. The third-order valence-corrected chi connectivity index (χ3v) is 3.87. The molecule has 0 unspecified atom stereocenters. The van der Waals surface area contributed by atoms with Crippen LogP contribution >= 0.6 is 11.6 Å². The van der Waals surface area contributed by atoms with Crippen molar-refractivity contribution in [1.82, 2.24) is 4.90 Å². The fourth-order valence-corrected chi connectivity index (χ4v) is 2.20. The number of hydrogen-bond donors (Lipinski definition) is 1. The lowest BCUT2D eigenvalue weighted by atomic mass is 10.2. The van der Waals surface area contributed by atoms with Crippen LogP contribution in [0.3, 0.4) is 0 Å². The average Bonchev–Trinajstić information content (AvgIpc) is 2.63. The summed E-state index contributed by atoms with van der Waals surface area (Å²) in [5, 5.41) is 0. The molecule has 25 heavy (non-hydrogen) atoms. The van der Waals surface area contributed by atoms with Crippen LogP contribution in [-0.4, -0.2) is 55.4 Å². The van der Waals surface area contributed by atoms with Gasteiger partial charge in [0.1, 0.15) is 23.9 Å². The molecule has 0 aromatic heterocycles. The number of likely N-dealkylation sites (N-methyl/N-ethyl adjacent to an activating group) is 1. The first-order valence-corrected chi connectivity index (χ1v) is 9.14. The number of nitrogens with two attached hydrogens (primary N) is 1. The predicted molar refractivity (Wildman–Crippen MR) is 102 cm³/mol. The zero-order valence-corrected chi connectivity index (χ0v) is 16.0. The van der Waals surface area contributed by atoms with Crippen LogP contribution in [0.4, 0.5) is 5.69 Å². The number of ether oxygens (including phenoxy) is 2. The second-order valence-corrected chi connectivity index (χ2v) is 5.70. The standard InChI is InChI=1S/C18H28ClN3O3/c1-4-10-24-16-8-7-14(12-15(16)21-17(20)13-19)18(23)25-11-9-22(5-2)6-3/h7-8,12H,4-6,9-11,13H2,1-3H3,(H2,20,21). The Morgan fingerprint density at radius 1 is 1.24 bits per heavy atom. The van der Waals surface area contributed by atoms with Crippen LogP contribution in [0, 0.1) is 0 Å². The summed E-state index contributed by atoms with van der Waals surface area (Å²) in [6.07, 6.45) is 0.864. The Morgan fingerprint density at radius 3 is 2.56 bits per heavy atom. The number of hydrogen-bond acceptors (Lipinski definition) is 5. The first-order chi connectivity index (χ1) is 12.0. The normalized spacial score (nSPS) is 11.6. The zero-order valence-electron chi connectivity index (χ0n) is 15.3. The third kappa shape index (κ3) is 7.32. The second-order valence-electron chi connectivity index (χ2n) is 5.43. The Balaban J connectivity index is 2.85. The molecular formula is C18H28ClN3O3. The van der Waals surface area contributed by atoms with Gasteiger partial charge in [0, 0.05) is 6.54 Å². The average molecular weight is 370 g/mol. The second kappa shape index (κ2) is 11.7. The van der Waals surface area contributed by atoms with Crippen LogP contribution in [0.5, 0.6) is 5.75 Å². The maximum Gasteiger partial charge on any atom is 0.338 e. The Bertz CT molecular complexity index is 575. The first kappa shape index (κ1) is 21.3. The largest absolute Gasteiger partial charge is 0.491 e. The molecule has 0 aliphatic heterocycles. The molecule has 7 heteroatoms. The third-order valence-electron chi connectivity index (χ3n) is 3.59. The number of aliphatic imine (C=N–C) groups is 1. The molecule has 2 N–H and O–H groups in total. The monoisotopic (exact) mass is 369 g/mol. The van der Waals surface area contributed by atoms with Crippen LogP contribution in [0.25, 0.3) is 0 Å². The van der Waals surface area contributed by atoms with Gasteiger partial charge in [-0.05, 0) is 37.7 Å². The number of amidine groups is 1. The van der Waals surface area contributed by atoms with Gasteiger partial charge in [-0.2, -0.15) is 0 Å². The number of carbonyl (C=O) groups is 1. The van der Waals surface area contributed by atoms with Crippen molar-refractivity contribution in [2.75, 3.05) is 38.7 Å². The molecule has 1 aromatic rings. The van der Waals surface area contributed by atoms with E-state index in [0.717, 1.165) is 19.5 Å². The molecule has 0 radical (unpaired) electrons. The number of halogens is 1. The summed E-state index contributed by atoms with van der Waals surface area (Å²) in [4.78, 5) is 18.7. The van der Waals surface area contributed by atoms with E-state index in [-0.39, 0.29) is 11.7 Å². The summed E-state index contributed by atoms with van der Waals surface area (Å²) >= 11 is 5.69. The van der Waals surface area contributed by atoms with Crippen molar-refractivity contribution in [3.8, 4) is 5.75 Å². The molecular weight excluding hydrogens is 342 g/mol. The maximum absolute atomic E-state index is 12.2. The van der Waals surface area contributed by atoms with Crippen LogP contribution in [0.15, 0.2) is 23.2 Å². The van der Waals surface area contributed by atoms with Crippen molar-refractivity contribution in [2.45, 2.75) is 27.2 Å². The van der Waals surface area contributed by atoms with Gasteiger partial charge in [0.15, 0.2) is 0 Å². The number of esters is 1. The molecule has 0 spiro atoms. The summed E-state index contributed by atoms with van der Waals surface area (Å²) in [5.74, 6) is 0.533. The minimum absolute atomic E-state index is 0.103. The SMILES string of the molecule is CCCOc1ccc(C(=O)OCCN(CC)CC)cc1N=C(N)CCl. The maximum atomic E-state index is 12.2. The summed E-state index contributed by atoms with van der Waals surface area (Å²) in [6, 6.07) is 4.99. The molecule has 1 rings (SSSR count). The van der Waals surface area contributed by atoms with E-state index in [1.54, 1.807) is 18.2 Å². The Morgan fingerprint density at radius 2 is 1.96 bits per heavy atom. The Kier molecular flexibility index (Phi) is 9.96. The topological polar surface area (TPSA) is 77.2 Å². The van der Waals surface area contributed by atoms with E-state index in [4.69, 9.17) is 26.8 Å². The van der Waals surface area contributed by atoms with Crippen LogP contribution in [0.1, 0.15) is 37.6 Å². The van der Waals surface area contributed by atoms with E-state index < -0.39 is 5.97 Å². The molecule has 0 aliphatic carbocycles. The van der Waals surface area contributed by atoms with Gasteiger partial charge < -0.3 is 20.1 Å². The smallest absolute Gasteiger partial charge is 0.338 e. The van der Waals surface area contributed by atoms with Crippen molar-refractivity contribution in [2.24, 2.45) is 10.7 Å². The van der Waals surface area contributed by atoms with Gasteiger partial charge in [0.05, 0.1) is 18.1 Å². The fraction of sp³-hybridized carbons (Fsp3) is 0.556. The highest BCUT2D eigenvalue weighted by atomic mass is 35.5. The van der Waals surface area contributed by atoms with Gasteiger partial charge >= 0.3 is 5.97 Å². The molecule has 0 heterocycles. The van der Waals surface area contributed by atoms with Gasteiger partial charge in [0.2, 0.25) is 0 Å². The zero-order chi connectivity index (χ0) is 18.7. The molecule has 140 valence electrons. The first-order valence-electron chi connectivity index (χ1n) is 8.60. The van der Waals surface area contributed by atoms with Crippen molar-refractivity contribution in [1.29, 1.82) is 0 Å². The van der Waals surface area contributed by atoms with Gasteiger partial charge in [-0.1, -0.05) is 20.8 Å². The van der Waals surface area contributed by atoms with E-state index in [1.165, 1.54) is 0 Å². The predicted octanol–water partition coefficient (Wildman–Crippen LogP) is 3.20. The molecule has 1 aromatic carbocycles. The van der Waals surface area contributed by atoms with Gasteiger partial charge in [-0.15, -0.1) is 11.6 Å². The molecule has 0 saturated heterocycles. The fourth-order valence-electron chi connectivity index (χ4n) is 2.14. The molecule has 0 fully saturated rings.